The van der Waals surface area contributed by atoms with Crippen molar-refractivity contribution in [2.45, 2.75) is 24.7 Å². The minimum atomic E-state index is -3.69. The molecule has 0 bridgehead atoms. The van der Waals surface area contributed by atoms with Gasteiger partial charge in [0.25, 0.3) is 0 Å². The Morgan fingerprint density at radius 3 is 2.19 bits per heavy atom. The third kappa shape index (κ3) is 5.95. The van der Waals surface area contributed by atoms with Crippen LogP contribution >= 0.6 is 0 Å². The van der Waals surface area contributed by atoms with Crippen LogP contribution in [0.25, 0.3) is 0 Å². The van der Waals surface area contributed by atoms with Crippen LogP contribution in [0.5, 0.6) is 11.5 Å². The highest BCUT2D eigenvalue weighted by atomic mass is 32.2. The lowest BCUT2D eigenvalue weighted by Crippen LogP contribution is -2.50. The minimum absolute atomic E-state index is 0.0273. The number of halogens is 1. The van der Waals surface area contributed by atoms with Crippen LogP contribution in [0.3, 0.4) is 0 Å². The smallest absolute Gasteiger partial charge is 0.243 e. The second kappa shape index (κ2) is 10.6. The summed E-state index contributed by atoms with van der Waals surface area (Å²) in [6, 6.07) is 12.2. The molecular weight excluding hydrogens is 423 g/mol. The molecule has 1 saturated heterocycles. The first kappa shape index (κ1) is 23.0. The fourth-order valence-corrected chi connectivity index (χ4v) is 4.76. The van der Waals surface area contributed by atoms with E-state index in [1.54, 1.807) is 4.90 Å². The third-order valence-electron chi connectivity index (χ3n) is 4.98. The van der Waals surface area contributed by atoms with Crippen molar-refractivity contribution in [2.24, 2.45) is 0 Å². The second-order valence-electron chi connectivity index (χ2n) is 7.07. The predicted molar refractivity (Wildman–Crippen MR) is 114 cm³/mol. The molecule has 2 aromatic rings. The molecule has 168 valence electrons. The van der Waals surface area contributed by atoms with E-state index in [9.17, 15) is 17.6 Å². The Bertz CT molecular complexity index is 974. The molecule has 0 unspecified atom stereocenters. The molecule has 9 heteroatoms. The Morgan fingerprint density at radius 2 is 1.58 bits per heavy atom. The molecule has 0 N–H and O–H groups in total. The standard InChI is InChI=1S/C22H27FN2O5S/c1-2-29-20-6-3-4-7-21(20)30-17-5-8-22(26)24-13-15-25(16-14-24)31(27,28)19-11-9-18(23)10-12-19/h3-4,6-7,9-12H,2,5,8,13-17H2,1H3. The maximum absolute atomic E-state index is 13.1. The van der Waals surface area contributed by atoms with E-state index in [2.05, 4.69) is 0 Å². The zero-order chi connectivity index (χ0) is 22.3. The van der Waals surface area contributed by atoms with Gasteiger partial charge in [0.1, 0.15) is 5.82 Å². The van der Waals surface area contributed by atoms with Gasteiger partial charge in [-0.25, -0.2) is 12.8 Å². The molecule has 3 rings (SSSR count). The quantitative estimate of drug-likeness (QED) is 0.549. The van der Waals surface area contributed by atoms with Crippen LogP contribution in [0.15, 0.2) is 53.4 Å². The minimum Gasteiger partial charge on any atom is -0.490 e. The summed E-state index contributed by atoms with van der Waals surface area (Å²) in [6.45, 7) is 3.91. The summed E-state index contributed by atoms with van der Waals surface area (Å²) >= 11 is 0. The number of carbonyl (C=O) groups is 1. The van der Waals surface area contributed by atoms with Crippen molar-refractivity contribution >= 4 is 15.9 Å². The highest BCUT2D eigenvalue weighted by Crippen LogP contribution is 2.26. The van der Waals surface area contributed by atoms with Crippen LogP contribution in [0, 0.1) is 5.82 Å². The maximum Gasteiger partial charge on any atom is 0.243 e. The average molecular weight is 451 g/mol. The molecule has 0 atom stereocenters. The molecule has 1 aliphatic rings. The zero-order valence-corrected chi connectivity index (χ0v) is 18.3. The fraction of sp³-hybridized carbons (Fsp3) is 0.409. The predicted octanol–water partition coefficient (Wildman–Crippen LogP) is 2.92. The number of benzene rings is 2. The average Bonchev–Trinajstić information content (AvgIpc) is 2.78. The number of para-hydroxylation sites is 2. The summed E-state index contributed by atoms with van der Waals surface area (Å²) in [5.74, 6) is 0.812. The Balaban J connectivity index is 1.44. The van der Waals surface area contributed by atoms with Crippen molar-refractivity contribution in [2.75, 3.05) is 39.4 Å². The summed E-state index contributed by atoms with van der Waals surface area (Å²) in [7, 11) is -3.69. The third-order valence-corrected chi connectivity index (χ3v) is 6.90. The normalized spacial score (nSPS) is 15.0. The number of hydrogen-bond acceptors (Lipinski definition) is 5. The molecule has 0 spiro atoms. The fourth-order valence-electron chi connectivity index (χ4n) is 3.34. The SMILES string of the molecule is CCOc1ccccc1OCCCC(=O)N1CCN(S(=O)(=O)c2ccc(F)cc2)CC1. The van der Waals surface area contributed by atoms with Gasteiger partial charge in [-0.15, -0.1) is 0 Å². The van der Waals surface area contributed by atoms with Gasteiger partial charge in [-0.3, -0.25) is 4.79 Å². The Labute approximate surface area is 182 Å². The summed E-state index contributed by atoms with van der Waals surface area (Å²) in [5.41, 5.74) is 0. The lowest BCUT2D eigenvalue weighted by atomic mass is 10.2. The number of hydrogen-bond donors (Lipinski definition) is 0. The van der Waals surface area contributed by atoms with E-state index in [1.165, 1.54) is 16.4 Å². The van der Waals surface area contributed by atoms with E-state index in [1.807, 2.05) is 31.2 Å². The van der Waals surface area contributed by atoms with Crippen LogP contribution in [0.4, 0.5) is 4.39 Å². The van der Waals surface area contributed by atoms with Crippen LogP contribution in [0.1, 0.15) is 19.8 Å². The van der Waals surface area contributed by atoms with Gasteiger partial charge >= 0.3 is 0 Å². The molecule has 1 fully saturated rings. The van der Waals surface area contributed by atoms with E-state index in [4.69, 9.17) is 9.47 Å². The van der Waals surface area contributed by atoms with Crippen molar-refractivity contribution in [3.05, 3.63) is 54.3 Å². The summed E-state index contributed by atoms with van der Waals surface area (Å²) in [5, 5.41) is 0. The lowest BCUT2D eigenvalue weighted by molar-refractivity contribution is -0.132. The highest BCUT2D eigenvalue weighted by Gasteiger charge is 2.29. The van der Waals surface area contributed by atoms with Crippen LogP contribution < -0.4 is 9.47 Å². The van der Waals surface area contributed by atoms with E-state index in [0.717, 1.165) is 12.1 Å². The van der Waals surface area contributed by atoms with Crippen LogP contribution in [-0.4, -0.2) is 62.9 Å². The number of sulfonamides is 1. The van der Waals surface area contributed by atoms with Crippen LogP contribution in [-0.2, 0) is 14.8 Å². The maximum atomic E-state index is 13.1. The molecular formula is C22H27FN2O5S. The first-order valence-electron chi connectivity index (χ1n) is 10.3. The van der Waals surface area contributed by atoms with Gasteiger partial charge in [-0.1, -0.05) is 12.1 Å². The Kier molecular flexibility index (Phi) is 7.86. The number of amides is 1. The molecule has 0 aliphatic carbocycles. The number of piperazine rings is 1. The number of rotatable bonds is 9. The van der Waals surface area contributed by atoms with Gasteiger partial charge in [-0.2, -0.15) is 4.31 Å². The zero-order valence-electron chi connectivity index (χ0n) is 17.5. The molecule has 0 radical (unpaired) electrons. The van der Waals surface area contributed by atoms with Gasteiger partial charge in [0, 0.05) is 32.6 Å². The van der Waals surface area contributed by atoms with Crippen LogP contribution in [0.2, 0.25) is 0 Å². The number of nitrogens with zero attached hydrogens (tertiary/aromatic N) is 2. The summed E-state index contributed by atoms with van der Waals surface area (Å²) in [4.78, 5) is 14.2. The molecule has 7 nitrogen and oxygen atoms in total. The monoisotopic (exact) mass is 450 g/mol. The summed E-state index contributed by atoms with van der Waals surface area (Å²) < 4.78 is 51.0. The van der Waals surface area contributed by atoms with Gasteiger partial charge in [-0.05, 0) is 49.7 Å². The van der Waals surface area contributed by atoms with Crippen molar-refractivity contribution in [1.29, 1.82) is 0 Å². The lowest BCUT2D eigenvalue weighted by Gasteiger charge is -2.34. The van der Waals surface area contributed by atoms with Crippen molar-refractivity contribution in [3.8, 4) is 11.5 Å². The number of ether oxygens (including phenoxy) is 2. The van der Waals surface area contributed by atoms with Gasteiger partial charge in [0.2, 0.25) is 15.9 Å². The number of carbonyl (C=O) groups excluding carboxylic acids is 1. The molecule has 1 amide bonds. The second-order valence-corrected chi connectivity index (χ2v) is 9.01. The van der Waals surface area contributed by atoms with Gasteiger partial charge in [0.15, 0.2) is 11.5 Å². The molecule has 0 aromatic heterocycles. The van der Waals surface area contributed by atoms with Crippen molar-refractivity contribution in [1.82, 2.24) is 9.21 Å². The molecule has 0 saturated carbocycles. The van der Waals surface area contributed by atoms with E-state index in [0.29, 0.717) is 50.6 Å². The van der Waals surface area contributed by atoms with E-state index in [-0.39, 0.29) is 23.9 Å². The molecule has 2 aromatic carbocycles. The van der Waals surface area contributed by atoms with E-state index >= 15 is 0 Å². The molecule has 1 heterocycles. The van der Waals surface area contributed by atoms with Gasteiger partial charge < -0.3 is 14.4 Å². The van der Waals surface area contributed by atoms with Gasteiger partial charge in [0.05, 0.1) is 18.1 Å². The largest absolute Gasteiger partial charge is 0.490 e. The topological polar surface area (TPSA) is 76.2 Å². The highest BCUT2D eigenvalue weighted by molar-refractivity contribution is 7.89. The van der Waals surface area contributed by atoms with E-state index < -0.39 is 15.8 Å². The Hall–Kier alpha value is -2.65. The summed E-state index contributed by atoms with van der Waals surface area (Å²) in [6.07, 6.45) is 0.870. The first-order chi connectivity index (χ1) is 14.9. The van der Waals surface area contributed by atoms with Crippen molar-refractivity contribution < 1.29 is 27.1 Å². The van der Waals surface area contributed by atoms with Crippen molar-refractivity contribution in [3.63, 3.8) is 0 Å². The molecule has 1 aliphatic heterocycles. The Morgan fingerprint density at radius 1 is 0.968 bits per heavy atom. The molecule has 31 heavy (non-hydrogen) atoms. The first-order valence-corrected chi connectivity index (χ1v) is 11.7.